The highest BCUT2D eigenvalue weighted by Crippen LogP contribution is 2.28. The Kier molecular flexibility index (Phi) is 1.84. The van der Waals surface area contributed by atoms with Gasteiger partial charge in [0.1, 0.15) is 11.2 Å². The second kappa shape index (κ2) is 2.88. The summed E-state index contributed by atoms with van der Waals surface area (Å²) in [4.78, 5) is 20.9. The summed E-state index contributed by atoms with van der Waals surface area (Å²) in [6.07, 6.45) is 3.25. The van der Waals surface area contributed by atoms with E-state index in [9.17, 15) is 4.79 Å². The first-order valence-corrected chi connectivity index (χ1v) is 4.72. The lowest BCUT2D eigenvalue weighted by atomic mass is 10.2. The van der Waals surface area contributed by atoms with Crippen molar-refractivity contribution in [1.82, 2.24) is 9.97 Å². The Morgan fingerprint density at radius 3 is 2.92 bits per heavy atom. The number of aromatic nitrogens is 2. The normalized spacial score (nSPS) is 10.6. The minimum atomic E-state index is 0.0977. The van der Waals surface area contributed by atoms with Gasteiger partial charge in [-0.05, 0) is 19.4 Å². The van der Waals surface area contributed by atoms with E-state index in [1.54, 1.807) is 13.1 Å². The van der Waals surface area contributed by atoms with E-state index in [4.69, 9.17) is 0 Å². The molecule has 13 heavy (non-hydrogen) atoms. The standard InChI is InChI=1S/C9H8N2OS/c1-5-7-3-10-4-11-9(7)13-8(5)6(2)12/h3-4H,1-2H3. The summed E-state index contributed by atoms with van der Waals surface area (Å²) in [7, 11) is 0. The third kappa shape index (κ3) is 1.23. The molecule has 0 radical (unpaired) electrons. The highest BCUT2D eigenvalue weighted by atomic mass is 32.1. The molecule has 2 aromatic rings. The SMILES string of the molecule is CC(=O)c1sc2ncncc2c1C. The van der Waals surface area contributed by atoms with E-state index in [0.29, 0.717) is 0 Å². The summed E-state index contributed by atoms with van der Waals surface area (Å²) in [5.41, 5.74) is 0.994. The monoisotopic (exact) mass is 192 g/mol. The zero-order chi connectivity index (χ0) is 9.42. The molecule has 0 N–H and O–H groups in total. The molecular weight excluding hydrogens is 184 g/mol. The molecule has 2 rings (SSSR count). The largest absolute Gasteiger partial charge is 0.294 e. The van der Waals surface area contributed by atoms with E-state index >= 15 is 0 Å². The second-order valence-electron chi connectivity index (χ2n) is 2.85. The molecule has 0 spiro atoms. The maximum absolute atomic E-state index is 11.2. The van der Waals surface area contributed by atoms with Gasteiger partial charge in [-0.2, -0.15) is 0 Å². The van der Waals surface area contributed by atoms with Crippen LogP contribution in [0.2, 0.25) is 0 Å². The van der Waals surface area contributed by atoms with Crippen LogP contribution in [0.15, 0.2) is 12.5 Å². The Labute approximate surface area is 79.4 Å². The molecule has 0 amide bonds. The average Bonchev–Trinajstić information content (AvgIpc) is 2.45. The molecule has 0 unspecified atom stereocenters. The summed E-state index contributed by atoms with van der Waals surface area (Å²) < 4.78 is 0. The number of Topliss-reactive ketones (excluding diaryl/α,β-unsaturated/α-hetero) is 1. The zero-order valence-corrected chi connectivity index (χ0v) is 8.18. The van der Waals surface area contributed by atoms with E-state index in [1.165, 1.54) is 17.7 Å². The summed E-state index contributed by atoms with van der Waals surface area (Å²) in [6.45, 7) is 3.50. The van der Waals surface area contributed by atoms with Gasteiger partial charge in [0.05, 0.1) is 4.88 Å². The molecule has 0 bridgehead atoms. The zero-order valence-electron chi connectivity index (χ0n) is 7.37. The van der Waals surface area contributed by atoms with Crippen molar-refractivity contribution in [2.24, 2.45) is 0 Å². The lowest BCUT2D eigenvalue weighted by molar-refractivity contribution is 0.102. The smallest absolute Gasteiger partial charge is 0.170 e. The topological polar surface area (TPSA) is 42.9 Å². The number of ketones is 1. The van der Waals surface area contributed by atoms with E-state index in [0.717, 1.165) is 20.7 Å². The van der Waals surface area contributed by atoms with Crippen LogP contribution >= 0.6 is 11.3 Å². The molecule has 3 nitrogen and oxygen atoms in total. The summed E-state index contributed by atoms with van der Waals surface area (Å²) in [5, 5.41) is 0.984. The predicted molar refractivity (Wildman–Crippen MR) is 52.2 cm³/mol. The molecule has 0 saturated carbocycles. The van der Waals surface area contributed by atoms with Crippen molar-refractivity contribution >= 4 is 27.3 Å². The van der Waals surface area contributed by atoms with E-state index < -0.39 is 0 Å². The van der Waals surface area contributed by atoms with E-state index in [1.807, 2.05) is 6.92 Å². The highest BCUT2D eigenvalue weighted by molar-refractivity contribution is 7.20. The molecule has 0 fully saturated rings. The van der Waals surface area contributed by atoms with Gasteiger partial charge in [0.15, 0.2) is 5.78 Å². The van der Waals surface area contributed by atoms with Crippen LogP contribution in [0.4, 0.5) is 0 Å². The Hall–Kier alpha value is -1.29. The first-order valence-electron chi connectivity index (χ1n) is 3.90. The molecule has 66 valence electrons. The summed E-state index contributed by atoms with van der Waals surface area (Å²) >= 11 is 1.43. The first-order chi connectivity index (χ1) is 6.20. The van der Waals surface area contributed by atoms with Crippen LogP contribution in [0, 0.1) is 6.92 Å². The quantitative estimate of drug-likeness (QED) is 0.650. The van der Waals surface area contributed by atoms with Gasteiger partial charge in [-0.25, -0.2) is 9.97 Å². The van der Waals surface area contributed by atoms with Crippen LogP contribution in [-0.4, -0.2) is 15.8 Å². The van der Waals surface area contributed by atoms with Crippen molar-refractivity contribution in [2.45, 2.75) is 13.8 Å². The van der Waals surface area contributed by atoms with Crippen molar-refractivity contribution in [3.05, 3.63) is 23.0 Å². The Bertz CT molecular complexity index is 475. The fraction of sp³-hybridized carbons (Fsp3) is 0.222. The average molecular weight is 192 g/mol. The number of thiophene rings is 1. The fourth-order valence-electron chi connectivity index (χ4n) is 1.29. The molecule has 2 aromatic heterocycles. The van der Waals surface area contributed by atoms with Gasteiger partial charge in [-0.15, -0.1) is 11.3 Å². The third-order valence-electron chi connectivity index (χ3n) is 1.94. The summed E-state index contributed by atoms with van der Waals surface area (Å²) in [5.74, 6) is 0.0977. The number of aryl methyl sites for hydroxylation is 1. The molecule has 0 aliphatic heterocycles. The minimum absolute atomic E-state index is 0.0977. The van der Waals surface area contributed by atoms with Gasteiger partial charge < -0.3 is 0 Å². The van der Waals surface area contributed by atoms with Crippen LogP contribution in [0.25, 0.3) is 10.2 Å². The Morgan fingerprint density at radius 2 is 2.31 bits per heavy atom. The van der Waals surface area contributed by atoms with E-state index in [-0.39, 0.29) is 5.78 Å². The van der Waals surface area contributed by atoms with Crippen LogP contribution in [0.1, 0.15) is 22.2 Å². The van der Waals surface area contributed by atoms with Crippen molar-refractivity contribution < 1.29 is 4.79 Å². The number of rotatable bonds is 1. The molecule has 0 saturated heterocycles. The molecule has 0 aliphatic rings. The number of hydrogen-bond donors (Lipinski definition) is 0. The number of carbonyl (C=O) groups is 1. The van der Waals surface area contributed by atoms with Gasteiger partial charge in [-0.3, -0.25) is 4.79 Å². The van der Waals surface area contributed by atoms with Crippen molar-refractivity contribution in [2.75, 3.05) is 0 Å². The van der Waals surface area contributed by atoms with Gasteiger partial charge in [0.2, 0.25) is 0 Å². The number of hydrogen-bond acceptors (Lipinski definition) is 4. The van der Waals surface area contributed by atoms with Gasteiger partial charge in [-0.1, -0.05) is 0 Å². The third-order valence-corrected chi connectivity index (χ3v) is 3.26. The number of fused-ring (bicyclic) bond motifs is 1. The maximum Gasteiger partial charge on any atom is 0.170 e. The van der Waals surface area contributed by atoms with Gasteiger partial charge in [0.25, 0.3) is 0 Å². The molecule has 0 aliphatic carbocycles. The fourth-order valence-corrected chi connectivity index (χ4v) is 2.30. The van der Waals surface area contributed by atoms with Crippen LogP contribution in [0.5, 0.6) is 0 Å². The van der Waals surface area contributed by atoms with E-state index in [2.05, 4.69) is 9.97 Å². The molecule has 0 aromatic carbocycles. The molecule has 2 heterocycles. The van der Waals surface area contributed by atoms with Crippen molar-refractivity contribution in [1.29, 1.82) is 0 Å². The Morgan fingerprint density at radius 1 is 1.54 bits per heavy atom. The lowest BCUT2D eigenvalue weighted by Crippen LogP contribution is -1.88. The number of nitrogens with zero attached hydrogens (tertiary/aromatic N) is 2. The van der Waals surface area contributed by atoms with Gasteiger partial charge >= 0.3 is 0 Å². The van der Waals surface area contributed by atoms with Gasteiger partial charge in [0, 0.05) is 11.6 Å². The minimum Gasteiger partial charge on any atom is -0.294 e. The lowest BCUT2D eigenvalue weighted by Gasteiger charge is -1.90. The predicted octanol–water partition coefficient (Wildman–Crippen LogP) is 2.20. The maximum atomic E-state index is 11.2. The second-order valence-corrected chi connectivity index (χ2v) is 3.85. The molecular formula is C9H8N2OS. The van der Waals surface area contributed by atoms with Crippen LogP contribution < -0.4 is 0 Å². The van der Waals surface area contributed by atoms with Crippen LogP contribution in [0.3, 0.4) is 0 Å². The first kappa shape index (κ1) is 8.31. The van der Waals surface area contributed by atoms with Crippen molar-refractivity contribution in [3.8, 4) is 0 Å². The Balaban J connectivity index is 2.81. The van der Waals surface area contributed by atoms with Crippen LogP contribution in [-0.2, 0) is 0 Å². The molecule has 4 heteroatoms. The molecule has 0 atom stereocenters. The number of carbonyl (C=O) groups excluding carboxylic acids is 1. The van der Waals surface area contributed by atoms with Crippen molar-refractivity contribution in [3.63, 3.8) is 0 Å². The highest BCUT2D eigenvalue weighted by Gasteiger charge is 2.11. The summed E-state index contributed by atoms with van der Waals surface area (Å²) in [6, 6.07) is 0.